The first kappa shape index (κ1) is 20.4. The number of phenols is 1. The number of fused-ring (bicyclic) bond motifs is 3. The standard InChI is InChI=1S/C26H27N3O3/c1-31-23-15-18(16-24(32-2)26(23)30)17-27-29-13-11-28(12-14-29)25-21-9-5-3-7-19(21)20-8-4-6-10-22(20)25/h3-10,15-17,25,30H,11-14H2,1-2H3/p+1/b27-17+. The van der Waals surface area contributed by atoms with E-state index in [1.54, 1.807) is 23.2 Å². The summed E-state index contributed by atoms with van der Waals surface area (Å²) in [4.78, 5) is 1.59. The molecule has 3 aromatic carbocycles. The Balaban J connectivity index is 1.30. The number of aromatic hydroxyl groups is 1. The molecule has 0 aromatic heterocycles. The molecule has 164 valence electrons. The molecule has 1 saturated heterocycles. The van der Waals surface area contributed by atoms with Gasteiger partial charge >= 0.3 is 0 Å². The van der Waals surface area contributed by atoms with Crippen LogP contribution in [0.3, 0.4) is 0 Å². The molecular weight excluding hydrogens is 402 g/mol. The van der Waals surface area contributed by atoms with Gasteiger partial charge in [0.25, 0.3) is 0 Å². The highest BCUT2D eigenvalue weighted by Gasteiger charge is 2.37. The summed E-state index contributed by atoms with van der Waals surface area (Å²) in [7, 11) is 3.05. The summed E-state index contributed by atoms with van der Waals surface area (Å²) >= 11 is 0. The molecule has 6 heteroatoms. The van der Waals surface area contributed by atoms with Crippen molar-refractivity contribution in [1.82, 2.24) is 5.01 Å². The topological polar surface area (TPSA) is 58.7 Å². The number of nitrogens with zero attached hydrogens (tertiary/aromatic N) is 2. The molecule has 2 aliphatic rings. The van der Waals surface area contributed by atoms with Crippen molar-refractivity contribution in [2.75, 3.05) is 40.4 Å². The first-order chi connectivity index (χ1) is 15.7. The number of phenolic OH excluding ortho intramolecular Hbond substituents is 1. The zero-order valence-corrected chi connectivity index (χ0v) is 18.4. The number of benzene rings is 3. The van der Waals surface area contributed by atoms with Crippen LogP contribution in [-0.4, -0.2) is 56.7 Å². The molecule has 6 nitrogen and oxygen atoms in total. The van der Waals surface area contributed by atoms with Crippen LogP contribution < -0.4 is 14.4 Å². The lowest BCUT2D eigenvalue weighted by Crippen LogP contribution is -3.14. The highest BCUT2D eigenvalue weighted by atomic mass is 16.5. The van der Waals surface area contributed by atoms with Gasteiger partial charge in [-0.1, -0.05) is 48.5 Å². The Labute approximate surface area is 188 Å². The number of hydrogen-bond donors (Lipinski definition) is 2. The third-order valence-corrected chi connectivity index (χ3v) is 6.50. The second kappa shape index (κ2) is 8.55. The predicted octanol–water partition coefficient (Wildman–Crippen LogP) is 2.71. The number of quaternary nitrogens is 1. The molecule has 0 spiro atoms. The first-order valence-corrected chi connectivity index (χ1v) is 11.0. The monoisotopic (exact) mass is 430 g/mol. The first-order valence-electron chi connectivity index (χ1n) is 11.0. The predicted molar refractivity (Wildman–Crippen MR) is 125 cm³/mol. The van der Waals surface area contributed by atoms with E-state index in [0.717, 1.165) is 31.7 Å². The van der Waals surface area contributed by atoms with Crippen molar-refractivity contribution in [3.05, 3.63) is 77.4 Å². The van der Waals surface area contributed by atoms with Gasteiger partial charge in [0.15, 0.2) is 11.5 Å². The number of hydrazone groups is 1. The van der Waals surface area contributed by atoms with E-state index >= 15 is 0 Å². The quantitative estimate of drug-likeness (QED) is 0.611. The molecule has 5 rings (SSSR count). The lowest BCUT2D eigenvalue weighted by Gasteiger charge is -2.34. The van der Waals surface area contributed by atoms with Crippen LogP contribution in [0, 0.1) is 0 Å². The van der Waals surface area contributed by atoms with Crippen LogP contribution in [-0.2, 0) is 0 Å². The lowest BCUT2D eigenvalue weighted by molar-refractivity contribution is -0.929. The van der Waals surface area contributed by atoms with Gasteiger partial charge in [-0.15, -0.1) is 0 Å². The maximum atomic E-state index is 10.1. The van der Waals surface area contributed by atoms with E-state index in [2.05, 4.69) is 58.6 Å². The van der Waals surface area contributed by atoms with Gasteiger partial charge in [0.05, 0.1) is 46.6 Å². The molecule has 0 amide bonds. The van der Waals surface area contributed by atoms with Crippen LogP contribution >= 0.6 is 0 Å². The van der Waals surface area contributed by atoms with Gasteiger partial charge in [-0.05, 0) is 23.3 Å². The molecule has 32 heavy (non-hydrogen) atoms. The van der Waals surface area contributed by atoms with Gasteiger partial charge in [-0.2, -0.15) is 5.10 Å². The Morgan fingerprint density at radius 3 is 1.97 bits per heavy atom. The van der Waals surface area contributed by atoms with E-state index in [-0.39, 0.29) is 5.75 Å². The summed E-state index contributed by atoms with van der Waals surface area (Å²) in [5.74, 6) is 0.749. The zero-order chi connectivity index (χ0) is 22.1. The molecule has 0 atom stereocenters. The molecule has 0 saturated carbocycles. The smallest absolute Gasteiger partial charge is 0.200 e. The molecule has 1 fully saturated rings. The molecule has 2 N–H and O–H groups in total. The van der Waals surface area contributed by atoms with E-state index in [9.17, 15) is 5.11 Å². The normalized spacial score (nSPS) is 16.2. The summed E-state index contributed by atoms with van der Waals surface area (Å²) in [6, 6.07) is 21.5. The number of hydrogen-bond acceptors (Lipinski definition) is 5. The summed E-state index contributed by atoms with van der Waals surface area (Å²) in [6.07, 6.45) is 1.80. The Morgan fingerprint density at radius 2 is 1.44 bits per heavy atom. The number of nitrogens with one attached hydrogen (secondary N) is 1. The number of ether oxygens (including phenoxy) is 2. The number of methoxy groups -OCH3 is 2. The molecule has 3 aromatic rings. The molecule has 0 radical (unpaired) electrons. The fourth-order valence-corrected chi connectivity index (χ4v) is 4.92. The Kier molecular flexibility index (Phi) is 5.45. The second-order valence-electron chi connectivity index (χ2n) is 8.24. The van der Waals surface area contributed by atoms with Crippen molar-refractivity contribution in [1.29, 1.82) is 0 Å². The fourth-order valence-electron chi connectivity index (χ4n) is 4.92. The Hall–Kier alpha value is -3.51. The summed E-state index contributed by atoms with van der Waals surface area (Å²) in [6.45, 7) is 3.82. The maximum Gasteiger partial charge on any atom is 0.200 e. The van der Waals surface area contributed by atoms with Gasteiger partial charge in [0, 0.05) is 16.7 Å². The fraction of sp³-hybridized carbons (Fsp3) is 0.269. The van der Waals surface area contributed by atoms with Gasteiger partial charge in [0.1, 0.15) is 6.04 Å². The minimum atomic E-state index is 0.00138. The summed E-state index contributed by atoms with van der Waals surface area (Å²) in [5, 5.41) is 16.9. The summed E-state index contributed by atoms with van der Waals surface area (Å²) < 4.78 is 10.5. The van der Waals surface area contributed by atoms with E-state index in [4.69, 9.17) is 9.47 Å². The number of rotatable bonds is 5. The largest absolute Gasteiger partial charge is 0.502 e. The summed E-state index contributed by atoms with van der Waals surface area (Å²) in [5.41, 5.74) is 6.44. The minimum Gasteiger partial charge on any atom is -0.502 e. The highest BCUT2D eigenvalue weighted by Crippen LogP contribution is 2.41. The van der Waals surface area contributed by atoms with Crippen molar-refractivity contribution in [3.63, 3.8) is 0 Å². The van der Waals surface area contributed by atoms with Crippen molar-refractivity contribution < 1.29 is 19.5 Å². The van der Waals surface area contributed by atoms with Crippen molar-refractivity contribution >= 4 is 6.21 Å². The van der Waals surface area contributed by atoms with Gasteiger partial charge in [0.2, 0.25) is 5.75 Å². The maximum absolute atomic E-state index is 10.1. The zero-order valence-electron chi connectivity index (χ0n) is 18.4. The van der Waals surface area contributed by atoms with Gasteiger partial charge < -0.3 is 19.5 Å². The van der Waals surface area contributed by atoms with E-state index < -0.39 is 0 Å². The molecule has 0 unspecified atom stereocenters. The van der Waals surface area contributed by atoms with Gasteiger partial charge in [-0.25, -0.2) is 0 Å². The number of piperazine rings is 1. The van der Waals surface area contributed by atoms with Crippen LogP contribution in [0.1, 0.15) is 22.7 Å². The molecule has 1 heterocycles. The van der Waals surface area contributed by atoms with E-state index in [0.29, 0.717) is 17.5 Å². The van der Waals surface area contributed by atoms with E-state index in [1.165, 1.54) is 36.5 Å². The minimum absolute atomic E-state index is 0.00138. The third-order valence-electron chi connectivity index (χ3n) is 6.50. The van der Waals surface area contributed by atoms with Crippen LogP contribution in [0.15, 0.2) is 65.8 Å². The second-order valence-corrected chi connectivity index (χ2v) is 8.24. The van der Waals surface area contributed by atoms with Crippen LogP contribution in [0.5, 0.6) is 17.2 Å². The molecule has 1 aliphatic heterocycles. The van der Waals surface area contributed by atoms with Crippen molar-refractivity contribution in [2.24, 2.45) is 5.10 Å². The molecular formula is C26H28N3O3+. The lowest BCUT2D eigenvalue weighted by atomic mass is 10.0. The SMILES string of the molecule is COc1cc(/C=N/N2CC[NH+](C3c4ccccc4-c4ccccc43)CC2)cc(OC)c1O. The van der Waals surface area contributed by atoms with Gasteiger partial charge in [-0.3, -0.25) is 5.01 Å². The third kappa shape index (κ3) is 3.56. The van der Waals surface area contributed by atoms with Crippen molar-refractivity contribution in [2.45, 2.75) is 6.04 Å². The Morgan fingerprint density at radius 1 is 0.906 bits per heavy atom. The van der Waals surface area contributed by atoms with Crippen LogP contribution in [0.2, 0.25) is 0 Å². The van der Waals surface area contributed by atoms with E-state index in [1.807, 2.05) is 0 Å². The molecule has 1 aliphatic carbocycles. The van der Waals surface area contributed by atoms with Crippen LogP contribution in [0.4, 0.5) is 0 Å². The van der Waals surface area contributed by atoms with Crippen LogP contribution in [0.25, 0.3) is 11.1 Å². The average Bonchev–Trinajstić information content (AvgIpc) is 3.18. The van der Waals surface area contributed by atoms with Crippen molar-refractivity contribution in [3.8, 4) is 28.4 Å². The highest BCUT2D eigenvalue weighted by molar-refractivity contribution is 5.82. The molecule has 0 bridgehead atoms. The average molecular weight is 431 g/mol. The Bertz CT molecular complexity index is 1080.